The fourth-order valence-electron chi connectivity index (χ4n) is 4.60. The number of para-hydroxylation sites is 1. The fourth-order valence-corrected chi connectivity index (χ4v) is 5.48. The van der Waals surface area contributed by atoms with Crippen molar-refractivity contribution >= 4 is 27.5 Å². The monoisotopic (exact) mass is 563 g/mol. The van der Waals surface area contributed by atoms with E-state index in [4.69, 9.17) is 0 Å². The molecule has 0 bridgehead atoms. The molecule has 0 aliphatic carbocycles. The van der Waals surface area contributed by atoms with Crippen LogP contribution in [0, 0.1) is 12.8 Å². The normalized spacial score (nSPS) is 12.2. The second-order valence-corrected chi connectivity index (χ2v) is 12.5. The van der Waals surface area contributed by atoms with Crippen LogP contribution in [0.5, 0.6) is 0 Å². The van der Waals surface area contributed by atoms with Gasteiger partial charge in [0.2, 0.25) is 21.8 Å². The van der Waals surface area contributed by atoms with Crippen molar-refractivity contribution in [2.24, 2.45) is 5.92 Å². The summed E-state index contributed by atoms with van der Waals surface area (Å²) in [5, 5.41) is 3.01. The zero-order valence-corrected chi connectivity index (χ0v) is 24.9. The van der Waals surface area contributed by atoms with E-state index in [1.165, 1.54) is 4.90 Å². The van der Waals surface area contributed by atoms with Crippen LogP contribution in [0.25, 0.3) is 0 Å². The Morgan fingerprint density at radius 3 is 2.08 bits per heavy atom. The zero-order valence-electron chi connectivity index (χ0n) is 24.1. The lowest BCUT2D eigenvalue weighted by Gasteiger charge is -2.34. The molecule has 0 unspecified atom stereocenters. The van der Waals surface area contributed by atoms with Crippen LogP contribution in [-0.2, 0) is 39.0 Å². The molecular formula is C32H41N3O4S. The Kier molecular flexibility index (Phi) is 10.9. The first-order valence-electron chi connectivity index (χ1n) is 13.7. The van der Waals surface area contributed by atoms with E-state index in [2.05, 4.69) is 5.32 Å². The SMILES string of the molecule is CCc1ccccc1N(CC(=O)N(Cc1ccccc1C)[C@H](Cc1ccccc1)C(=O)NCC(C)C)S(C)(=O)=O. The maximum atomic E-state index is 14.2. The highest BCUT2D eigenvalue weighted by Gasteiger charge is 2.33. The molecule has 0 aliphatic rings. The van der Waals surface area contributed by atoms with Gasteiger partial charge < -0.3 is 10.2 Å². The molecule has 0 heterocycles. The Bertz CT molecular complexity index is 1390. The number of amides is 2. The average molecular weight is 564 g/mol. The van der Waals surface area contributed by atoms with Crippen molar-refractivity contribution in [1.29, 1.82) is 0 Å². The highest BCUT2D eigenvalue weighted by atomic mass is 32.2. The van der Waals surface area contributed by atoms with E-state index in [-0.39, 0.29) is 18.4 Å². The van der Waals surface area contributed by atoms with Gasteiger partial charge in [0.05, 0.1) is 11.9 Å². The molecule has 0 saturated heterocycles. The molecule has 0 saturated carbocycles. The first-order chi connectivity index (χ1) is 19.0. The van der Waals surface area contributed by atoms with Crippen LogP contribution in [0.4, 0.5) is 5.69 Å². The van der Waals surface area contributed by atoms with Crippen molar-refractivity contribution in [3.05, 3.63) is 101 Å². The first-order valence-corrected chi connectivity index (χ1v) is 15.6. The van der Waals surface area contributed by atoms with Crippen LogP contribution in [0.15, 0.2) is 78.9 Å². The predicted molar refractivity (Wildman–Crippen MR) is 162 cm³/mol. The average Bonchev–Trinajstić information content (AvgIpc) is 2.93. The van der Waals surface area contributed by atoms with Crippen molar-refractivity contribution < 1.29 is 18.0 Å². The molecule has 1 atom stereocenters. The molecule has 40 heavy (non-hydrogen) atoms. The molecule has 3 aromatic rings. The van der Waals surface area contributed by atoms with E-state index >= 15 is 0 Å². The summed E-state index contributed by atoms with van der Waals surface area (Å²) in [5.74, 6) is -0.479. The Balaban J connectivity index is 2.08. The second-order valence-electron chi connectivity index (χ2n) is 10.5. The number of hydrogen-bond donors (Lipinski definition) is 1. The van der Waals surface area contributed by atoms with Gasteiger partial charge in [-0.15, -0.1) is 0 Å². The Hall–Kier alpha value is -3.65. The topological polar surface area (TPSA) is 86.8 Å². The van der Waals surface area contributed by atoms with Gasteiger partial charge in [-0.05, 0) is 47.6 Å². The van der Waals surface area contributed by atoms with E-state index in [1.807, 2.05) is 94.4 Å². The van der Waals surface area contributed by atoms with Crippen LogP contribution in [-0.4, -0.2) is 50.5 Å². The Labute approximate surface area is 239 Å². The van der Waals surface area contributed by atoms with Crippen LogP contribution in [0.3, 0.4) is 0 Å². The van der Waals surface area contributed by atoms with Gasteiger partial charge in [0, 0.05) is 19.5 Å². The van der Waals surface area contributed by atoms with Gasteiger partial charge in [-0.3, -0.25) is 13.9 Å². The van der Waals surface area contributed by atoms with E-state index in [9.17, 15) is 18.0 Å². The third-order valence-electron chi connectivity index (χ3n) is 6.88. The van der Waals surface area contributed by atoms with Gasteiger partial charge in [0.15, 0.2) is 0 Å². The highest BCUT2D eigenvalue weighted by molar-refractivity contribution is 7.92. The maximum absolute atomic E-state index is 14.2. The van der Waals surface area contributed by atoms with Gasteiger partial charge in [0.25, 0.3) is 0 Å². The number of sulfonamides is 1. The van der Waals surface area contributed by atoms with Crippen LogP contribution in [0.2, 0.25) is 0 Å². The summed E-state index contributed by atoms with van der Waals surface area (Å²) in [6, 6.07) is 23.6. The molecule has 0 aromatic heterocycles. The van der Waals surface area contributed by atoms with Gasteiger partial charge in [-0.2, -0.15) is 0 Å². The quantitative estimate of drug-likeness (QED) is 0.326. The predicted octanol–water partition coefficient (Wildman–Crippen LogP) is 4.74. The molecule has 0 fully saturated rings. The molecule has 0 spiro atoms. The number of hydrogen-bond acceptors (Lipinski definition) is 4. The lowest BCUT2D eigenvalue weighted by molar-refractivity contribution is -0.140. The summed E-state index contributed by atoms with van der Waals surface area (Å²) in [4.78, 5) is 29.4. The minimum atomic E-state index is -3.80. The van der Waals surface area contributed by atoms with E-state index < -0.39 is 28.5 Å². The zero-order chi connectivity index (χ0) is 29.3. The van der Waals surface area contributed by atoms with Gasteiger partial charge in [-0.1, -0.05) is 93.6 Å². The van der Waals surface area contributed by atoms with E-state index in [0.717, 1.165) is 32.8 Å². The van der Waals surface area contributed by atoms with E-state index in [0.29, 0.717) is 25.1 Å². The number of rotatable bonds is 13. The molecule has 8 heteroatoms. The van der Waals surface area contributed by atoms with Crippen molar-refractivity contribution in [3.63, 3.8) is 0 Å². The number of aryl methyl sites for hydroxylation is 2. The fraction of sp³-hybridized carbons (Fsp3) is 0.375. The van der Waals surface area contributed by atoms with Crippen molar-refractivity contribution in [2.75, 3.05) is 23.7 Å². The molecule has 2 amide bonds. The summed E-state index contributed by atoms with van der Waals surface area (Å²) >= 11 is 0. The third-order valence-corrected chi connectivity index (χ3v) is 8.00. The summed E-state index contributed by atoms with van der Waals surface area (Å²) in [6.45, 7) is 8.16. The molecule has 7 nitrogen and oxygen atoms in total. The lowest BCUT2D eigenvalue weighted by atomic mass is 10.0. The standard InChI is InChI=1S/C32H41N3O4S/c1-6-27-17-12-13-19-29(27)35(40(5,38)39)23-31(36)34(22-28-18-11-10-14-25(28)4)30(32(37)33-21-24(2)3)20-26-15-8-7-9-16-26/h7-19,24,30H,6,20-23H2,1-5H3,(H,33,37)/t30-/m1/s1. The van der Waals surface area contributed by atoms with Gasteiger partial charge >= 0.3 is 0 Å². The van der Waals surface area contributed by atoms with Crippen LogP contribution in [0.1, 0.15) is 43.0 Å². The van der Waals surface area contributed by atoms with Crippen LogP contribution >= 0.6 is 0 Å². The molecule has 0 radical (unpaired) electrons. The summed E-state index contributed by atoms with van der Waals surface area (Å²) < 4.78 is 27.2. The first kappa shape index (κ1) is 30.9. The Morgan fingerprint density at radius 1 is 0.875 bits per heavy atom. The van der Waals surface area contributed by atoms with Gasteiger partial charge in [0.1, 0.15) is 12.6 Å². The number of anilines is 1. The minimum absolute atomic E-state index is 0.172. The summed E-state index contributed by atoms with van der Waals surface area (Å²) in [5.41, 5.74) is 4.08. The smallest absolute Gasteiger partial charge is 0.244 e. The molecular weight excluding hydrogens is 522 g/mol. The highest BCUT2D eigenvalue weighted by Crippen LogP contribution is 2.25. The van der Waals surface area contributed by atoms with Crippen molar-refractivity contribution in [3.8, 4) is 0 Å². The lowest BCUT2D eigenvalue weighted by Crippen LogP contribution is -2.53. The number of carbonyl (C=O) groups is 2. The summed E-state index contributed by atoms with van der Waals surface area (Å²) in [6.07, 6.45) is 2.01. The number of nitrogens with one attached hydrogen (secondary N) is 1. The summed E-state index contributed by atoms with van der Waals surface area (Å²) in [7, 11) is -3.80. The number of nitrogens with zero attached hydrogens (tertiary/aromatic N) is 2. The minimum Gasteiger partial charge on any atom is -0.354 e. The van der Waals surface area contributed by atoms with Crippen LogP contribution < -0.4 is 9.62 Å². The van der Waals surface area contributed by atoms with E-state index in [1.54, 1.807) is 12.1 Å². The van der Waals surface area contributed by atoms with Crippen molar-refractivity contribution in [1.82, 2.24) is 10.2 Å². The molecule has 3 rings (SSSR count). The molecule has 0 aliphatic heterocycles. The number of carbonyl (C=O) groups excluding carboxylic acids is 2. The molecule has 214 valence electrons. The molecule has 1 N–H and O–H groups in total. The van der Waals surface area contributed by atoms with Crippen molar-refractivity contribution in [2.45, 2.75) is 53.1 Å². The number of benzene rings is 3. The maximum Gasteiger partial charge on any atom is 0.244 e. The van der Waals surface area contributed by atoms with Gasteiger partial charge in [-0.25, -0.2) is 8.42 Å². The largest absolute Gasteiger partial charge is 0.354 e. The third kappa shape index (κ3) is 8.42. The molecule has 3 aromatic carbocycles. The second kappa shape index (κ2) is 14.1. The Morgan fingerprint density at radius 2 is 1.48 bits per heavy atom.